The van der Waals surface area contributed by atoms with Gasteiger partial charge in [0, 0.05) is 6.42 Å². The first-order chi connectivity index (χ1) is 4.93. The van der Waals surface area contributed by atoms with Crippen LogP contribution >= 0.6 is 0 Å². The molecule has 0 aromatic heterocycles. The van der Waals surface area contributed by atoms with E-state index in [0.29, 0.717) is 6.42 Å². The van der Waals surface area contributed by atoms with E-state index in [1.807, 2.05) is 0 Å². The lowest BCUT2D eigenvalue weighted by Gasteiger charge is -2.04. The van der Waals surface area contributed by atoms with Crippen LogP contribution in [0, 0.1) is 0 Å². The fourth-order valence-corrected chi connectivity index (χ4v) is 1.10. The van der Waals surface area contributed by atoms with Crippen LogP contribution in [0.4, 0.5) is 0 Å². The van der Waals surface area contributed by atoms with Crippen LogP contribution in [0.5, 0.6) is 0 Å². The Morgan fingerprint density at radius 2 is 2.40 bits per heavy atom. The van der Waals surface area contributed by atoms with Crippen LogP contribution in [0.1, 0.15) is 25.7 Å². The maximum Gasteiger partial charge on any atom is 0.120 e. The van der Waals surface area contributed by atoms with E-state index in [2.05, 4.69) is 18.2 Å². The number of hydrogen-bond acceptors (Lipinski definition) is 1. The second-order valence-electron chi connectivity index (χ2n) is 2.48. The molecule has 1 rings (SSSR count). The first-order valence-electron chi connectivity index (χ1n) is 3.70. The largest absolute Gasteiger partial charge is 0.303 e. The van der Waals surface area contributed by atoms with E-state index in [0.717, 1.165) is 25.5 Å². The summed E-state index contributed by atoms with van der Waals surface area (Å²) in [6.07, 6.45) is 11.3. The Morgan fingerprint density at radius 3 is 3.00 bits per heavy atom. The molecule has 0 aromatic carbocycles. The molecule has 0 radical (unpaired) electrons. The van der Waals surface area contributed by atoms with Gasteiger partial charge in [-0.25, -0.2) is 0 Å². The monoisotopic (exact) mass is 136 g/mol. The van der Waals surface area contributed by atoms with E-state index in [9.17, 15) is 4.79 Å². The Labute approximate surface area is 61.4 Å². The van der Waals surface area contributed by atoms with Gasteiger partial charge in [-0.2, -0.15) is 0 Å². The van der Waals surface area contributed by atoms with E-state index in [-0.39, 0.29) is 0 Å². The molecule has 10 heavy (non-hydrogen) atoms. The van der Waals surface area contributed by atoms with Crippen molar-refractivity contribution < 1.29 is 4.79 Å². The number of hydrogen-bond donors (Lipinski definition) is 0. The highest BCUT2D eigenvalue weighted by molar-refractivity contribution is 5.50. The highest BCUT2D eigenvalue weighted by Gasteiger charge is 1.96. The molecule has 0 spiro atoms. The van der Waals surface area contributed by atoms with Crippen molar-refractivity contribution in [2.75, 3.05) is 0 Å². The molecule has 0 aromatic rings. The zero-order valence-electron chi connectivity index (χ0n) is 6.05. The lowest BCUT2D eigenvalue weighted by molar-refractivity contribution is -0.107. The zero-order valence-corrected chi connectivity index (χ0v) is 6.05. The van der Waals surface area contributed by atoms with Crippen LogP contribution < -0.4 is 0 Å². The van der Waals surface area contributed by atoms with Gasteiger partial charge in [0.15, 0.2) is 0 Å². The third kappa shape index (κ3) is 2.18. The van der Waals surface area contributed by atoms with E-state index in [4.69, 9.17) is 0 Å². The summed E-state index contributed by atoms with van der Waals surface area (Å²) in [5, 5.41) is 0. The summed E-state index contributed by atoms with van der Waals surface area (Å²) < 4.78 is 0. The molecule has 0 amide bonds. The smallest absolute Gasteiger partial charge is 0.120 e. The summed E-state index contributed by atoms with van der Waals surface area (Å²) in [5.41, 5.74) is 1.41. The molecule has 0 N–H and O–H groups in total. The first kappa shape index (κ1) is 7.26. The van der Waals surface area contributed by atoms with Crippen LogP contribution in [0.15, 0.2) is 23.8 Å². The fourth-order valence-electron chi connectivity index (χ4n) is 1.10. The van der Waals surface area contributed by atoms with Gasteiger partial charge < -0.3 is 4.79 Å². The van der Waals surface area contributed by atoms with Gasteiger partial charge in [0.2, 0.25) is 0 Å². The average Bonchev–Trinajstić information content (AvgIpc) is 2.03. The topological polar surface area (TPSA) is 17.1 Å². The van der Waals surface area contributed by atoms with Crippen LogP contribution in [0.2, 0.25) is 0 Å². The van der Waals surface area contributed by atoms with Crippen LogP contribution in [0.3, 0.4) is 0 Å². The molecule has 1 heteroatoms. The van der Waals surface area contributed by atoms with Gasteiger partial charge in [0.05, 0.1) is 0 Å². The molecular weight excluding hydrogens is 124 g/mol. The third-order valence-corrected chi connectivity index (χ3v) is 1.67. The van der Waals surface area contributed by atoms with Crippen molar-refractivity contribution in [1.29, 1.82) is 0 Å². The summed E-state index contributed by atoms with van der Waals surface area (Å²) in [4.78, 5) is 10.0. The van der Waals surface area contributed by atoms with Gasteiger partial charge in [-0.15, -0.1) is 0 Å². The van der Waals surface area contributed by atoms with E-state index < -0.39 is 0 Å². The Hall–Kier alpha value is -0.850. The maximum atomic E-state index is 10.0. The van der Waals surface area contributed by atoms with Crippen molar-refractivity contribution in [3.63, 3.8) is 0 Å². The van der Waals surface area contributed by atoms with Crippen molar-refractivity contribution >= 4 is 6.29 Å². The van der Waals surface area contributed by atoms with Crippen molar-refractivity contribution in [3.05, 3.63) is 23.8 Å². The molecule has 0 fully saturated rings. The molecule has 0 aliphatic heterocycles. The molecule has 0 heterocycles. The van der Waals surface area contributed by atoms with Crippen molar-refractivity contribution in [2.45, 2.75) is 25.7 Å². The van der Waals surface area contributed by atoms with Crippen LogP contribution in [0.25, 0.3) is 0 Å². The van der Waals surface area contributed by atoms with Crippen molar-refractivity contribution in [2.24, 2.45) is 0 Å². The zero-order chi connectivity index (χ0) is 7.23. The van der Waals surface area contributed by atoms with Crippen LogP contribution in [-0.2, 0) is 4.79 Å². The normalized spacial score (nSPS) is 16.6. The molecule has 54 valence electrons. The van der Waals surface area contributed by atoms with Crippen molar-refractivity contribution in [3.8, 4) is 0 Å². The molecule has 1 aliphatic rings. The first-order valence-corrected chi connectivity index (χ1v) is 3.70. The summed E-state index contributed by atoms with van der Waals surface area (Å²) in [7, 11) is 0. The summed E-state index contributed by atoms with van der Waals surface area (Å²) >= 11 is 0. The molecule has 0 atom stereocenters. The second-order valence-corrected chi connectivity index (χ2v) is 2.48. The molecule has 0 bridgehead atoms. The Bertz CT molecular complexity index is 166. The van der Waals surface area contributed by atoms with E-state index in [1.165, 1.54) is 5.57 Å². The molecular formula is C9H12O. The molecule has 1 nitrogen and oxygen atoms in total. The summed E-state index contributed by atoms with van der Waals surface area (Å²) in [6, 6.07) is 0. The summed E-state index contributed by atoms with van der Waals surface area (Å²) in [5.74, 6) is 0. The fraction of sp³-hybridized carbons (Fsp3) is 0.444. The lowest BCUT2D eigenvalue weighted by atomic mass is 10.0. The molecule has 0 unspecified atom stereocenters. The highest BCUT2D eigenvalue weighted by atomic mass is 16.1. The maximum absolute atomic E-state index is 10.0. The van der Waals surface area contributed by atoms with Gasteiger partial charge >= 0.3 is 0 Å². The minimum absolute atomic E-state index is 0.680. The predicted molar refractivity (Wildman–Crippen MR) is 41.8 cm³/mol. The standard InChI is InChI=1S/C9H12O/c10-8-4-7-9-5-2-1-3-6-9/h1-2,6,8H,3-5,7H2. The number of aldehydes is 1. The number of rotatable bonds is 3. The molecule has 0 saturated carbocycles. The molecule has 1 aliphatic carbocycles. The quantitative estimate of drug-likeness (QED) is 0.429. The lowest BCUT2D eigenvalue weighted by Crippen LogP contribution is -1.87. The third-order valence-electron chi connectivity index (χ3n) is 1.67. The van der Waals surface area contributed by atoms with Crippen molar-refractivity contribution in [1.82, 2.24) is 0 Å². The SMILES string of the molecule is O=CCCC1=CCC=CC1. The number of carbonyl (C=O) groups is 1. The average molecular weight is 136 g/mol. The Kier molecular flexibility index (Phi) is 2.94. The number of carbonyl (C=O) groups excluding carboxylic acids is 1. The molecule has 0 saturated heterocycles. The van der Waals surface area contributed by atoms with E-state index in [1.54, 1.807) is 0 Å². The van der Waals surface area contributed by atoms with Gasteiger partial charge in [-0.3, -0.25) is 0 Å². The Balaban J connectivity index is 2.27. The predicted octanol–water partition coefficient (Wildman–Crippen LogP) is 2.24. The van der Waals surface area contributed by atoms with Gasteiger partial charge in [-0.1, -0.05) is 23.8 Å². The van der Waals surface area contributed by atoms with Gasteiger partial charge in [-0.05, 0) is 19.3 Å². The van der Waals surface area contributed by atoms with Gasteiger partial charge in [0.1, 0.15) is 6.29 Å². The van der Waals surface area contributed by atoms with Gasteiger partial charge in [0.25, 0.3) is 0 Å². The highest BCUT2D eigenvalue weighted by Crippen LogP contribution is 2.14. The number of allylic oxidation sites excluding steroid dienone is 4. The van der Waals surface area contributed by atoms with E-state index >= 15 is 0 Å². The summed E-state index contributed by atoms with van der Waals surface area (Å²) in [6.45, 7) is 0. The van der Waals surface area contributed by atoms with Crippen LogP contribution in [-0.4, -0.2) is 6.29 Å². The Morgan fingerprint density at radius 1 is 1.50 bits per heavy atom. The minimum Gasteiger partial charge on any atom is -0.303 e. The second kappa shape index (κ2) is 4.04. The minimum atomic E-state index is 0.680.